The van der Waals surface area contributed by atoms with Gasteiger partial charge in [0.25, 0.3) is 21.6 Å². The van der Waals surface area contributed by atoms with E-state index in [1.54, 1.807) is 18.2 Å². The van der Waals surface area contributed by atoms with Crippen molar-refractivity contribution in [1.29, 1.82) is 0 Å². The predicted molar refractivity (Wildman–Crippen MR) is 158 cm³/mol. The number of nitrogens with one attached hydrogen (secondary N) is 2. The quantitative estimate of drug-likeness (QED) is 0.248. The monoisotopic (exact) mass is 604 g/mol. The maximum atomic E-state index is 13.3. The zero-order valence-corrected chi connectivity index (χ0v) is 24.2. The summed E-state index contributed by atoms with van der Waals surface area (Å²) in [6, 6.07) is 17.7. The third kappa shape index (κ3) is 6.60. The van der Waals surface area contributed by atoms with Crippen molar-refractivity contribution in [3.05, 3.63) is 86.8 Å². The minimum Gasteiger partial charge on any atom is -0.382 e. The van der Waals surface area contributed by atoms with Crippen LogP contribution >= 0.6 is 34.9 Å². The molecule has 2 N–H and O–H groups in total. The fourth-order valence-corrected chi connectivity index (χ4v) is 10.3. The summed E-state index contributed by atoms with van der Waals surface area (Å²) in [6.45, 7) is 0.929. The van der Waals surface area contributed by atoms with Crippen molar-refractivity contribution in [3.8, 4) is 0 Å². The van der Waals surface area contributed by atoms with Gasteiger partial charge in [0.15, 0.2) is 0 Å². The number of amides is 1. The molecule has 0 atom stereocenters. The molecule has 0 unspecified atom stereocenters. The second-order valence-corrected chi connectivity index (χ2v) is 15.3. The molecular formula is C26H28N4O5S4. The van der Waals surface area contributed by atoms with Crippen molar-refractivity contribution in [1.82, 2.24) is 9.62 Å². The lowest BCUT2D eigenvalue weighted by Gasteiger charge is -2.31. The van der Waals surface area contributed by atoms with Gasteiger partial charge in [0, 0.05) is 47.3 Å². The van der Waals surface area contributed by atoms with Gasteiger partial charge in [-0.2, -0.15) is 4.31 Å². The van der Waals surface area contributed by atoms with Crippen molar-refractivity contribution in [2.75, 3.05) is 29.9 Å². The van der Waals surface area contributed by atoms with Gasteiger partial charge in [0.05, 0.1) is 16.1 Å². The van der Waals surface area contributed by atoms with Gasteiger partial charge >= 0.3 is 0 Å². The van der Waals surface area contributed by atoms with Crippen LogP contribution < -0.4 is 10.6 Å². The lowest BCUT2D eigenvalue weighted by molar-refractivity contribution is -0.385. The highest BCUT2D eigenvalue weighted by Gasteiger charge is 2.31. The smallest absolute Gasteiger partial charge is 0.282 e. The fraction of sp³-hybridized carbons (Fsp3) is 0.346. The SMILES string of the molecule is O=C(NCc1ccc(S(=O)(=O)N2CCC(Nc3ccc(C4SCCS4)cc3)CC2)s1)c1ccccc1[N+](=O)[O-]. The van der Waals surface area contributed by atoms with E-state index in [-0.39, 0.29) is 28.0 Å². The van der Waals surface area contributed by atoms with Crippen molar-refractivity contribution in [3.63, 3.8) is 0 Å². The van der Waals surface area contributed by atoms with Gasteiger partial charge in [0.1, 0.15) is 9.77 Å². The summed E-state index contributed by atoms with van der Waals surface area (Å²) in [4.78, 5) is 23.7. The number of nitro groups is 1. The van der Waals surface area contributed by atoms with Gasteiger partial charge in [0.2, 0.25) is 0 Å². The fourth-order valence-electron chi connectivity index (χ4n) is 4.57. The number of hydrogen-bond donors (Lipinski definition) is 2. The number of benzene rings is 2. The Morgan fingerprint density at radius 3 is 2.38 bits per heavy atom. The maximum absolute atomic E-state index is 13.3. The molecule has 0 aliphatic carbocycles. The molecule has 1 amide bonds. The summed E-state index contributed by atoms with van der Waals surface area (Å²) >= 11 is 5.07. The van der Waals surface area contributed by atoms with Crippen molar-refractivity contribution >= 4 is 62.2 Å². The summed E-state index contributed by atoms with van der Waals surface area (Å²) in [7, 11) is -3.64. The van der Waals surface area contributed by atoms with Crippen LogP contribution in [-0.4, -0.2) is 54.2 Å². The van der Waals surface area contributed by atoms with E-state index in [0.29, 0.717) is 35.4 Å². The third-order valence-electron chi connectivity index (χ3n) is 6.63. The van der Waals surface area contributed by atoms with Crippen LogP contribution in [0.4, 0.5) is 11.4 Å². The summed E-state index contributed by atoms with van der Waals surface area (Å²) in [5.74, 6) is 1.81. The molecule has 2 aliphatic heterocycles. The Bertz CT molecular complexity index is 1430. The van der Waals surface area contributed by atoms with Crippen LogP contribution in [0.2, 0.25) is 0 Å². The summed E-state index contributed by atoms with van der Waals surface area (Å²) < 4.78 is 28.8. The van der Waals surface area contributed by atoms with E-state index in [1.807, 2.05) is 23.5 Å². The molecule has 2 saturated heterocycles. The first-order valence-electron chi connectivity index (χ1n) is 12.5. The lowest BCUT2D eigenvalue weighted by Crippen LogP contribution is -2.42. The first kappa shape index (κ1) is 28.0. The molecule has 2 aliphatic rings. The van der Waals surface area contributed by atoms with Crippen LogP contribution in [-0.2, 0) is 16.6 Å². The number of nitrogens with zero attached hydrogens (tertiary/aromatic N) is 2. The van der Waals surface area contributed by atoms with Crippen LogP contribution in [0.5, 0.6) is 0 Å². The van der Waals surface area contributed by atoms with Crippen molar-refractivity contribution in [2.24, 2.45) is 0 Å². The van der Waals surface area contributed by atoms with Crippen molar-refractivity contribution in [2.45, 2.75) is 34.2 Å². The number of thiophene rings is 1. The standard InChI is InChI=1S/C26H28N4O5S4/c31-25(22-3-1-2-4-23(22)30(32)33)27-17-21-9-10-24(38-21)39(34,35)29-13-11-20(12-14-29)28-19-7-5-18(6-8-19)26-36-15-16-37-26/h1-10,20,26,28H,11-17H2,(H,27,31). The van der Waals surface area contributed by atoms with E-state index in [1.165, 1.54) is 39.6 Å². The van der Waals surface area contributed by atoms with Crippen LogP contribution in [0.15, 0.2) is 64.9 Å². The number of rotatable bonds is 9. The Balaban J connectivity index is 1.13. The summed E-state index contributed by atoms with van der Waals surface area (Å²) in [5.41, 5.74) is 2.08. The van der Waals surface area contributed by atoms with Gasteiger partial charge in [-0.25, -0.2) is 8.42 Å². The van der Waals surface area contributed by atoms with Crippen LogP contribution in [0.1, 0.15) is 38.2 Å². The van der Waals surface area contributed by atoms with E-state index in [4.69, 9.17) is 0 Å². The molecule has 2 aromatic carbocycles. The molecular weight excluding hydrogens is 577 g/mol. The Hall–Kier alpha value is -2.58. The molecule has 3 aromatic rings. The second kappa shape index (κ2) is 12.3. The number of piperidine rings is 1. The summed E-state index contributed by atoms with van der Waals surface area (Å²) in [5, 5.41) is 17.4. The van der Waals surface area contributed by atoms with E-state index in [2.05, 4.69) is 34.9 Å². The third-order valence-corrected chi connectivity index (χ3v) is 13.2. The van der Waals surface area contributed by atoms with Crippen LogP contribution in [0.3, 0.4) is 0 Å². The average Bonchev–Trinajstić information content (AvgIpc) is 3.66. The van der Waals surface area contributed by atoms with E-state index in [9.17, 15) is 23.3 Å². The summed E-state index contributed by atoms with van der Waals surface area (Å²) in [6.07, 6.45) is 1.42. The number of nitro benzene ring substituents is 1. The molecule has 206 valence electrons. The van der Waals surface area contributed by atoms with Gasteiger partial charge < -0.3 is 10.6 Å². The molecule has 5 rings (SSSR count). The molecule has 1 aromatic heterocycles. The normalized spacial score (nSPS) is 17.2. The number of para-hydroxylation sites is 1. The molecule has 0 bridgehead atoms. The number of anilines is 1. The Kier molecular flexibility index (Phi) is 8.82. The number of carbonyl (C=O) groups excluding carboxylic acids is 1. The van der Waals surface area contributed by atoms with E-state index in [0.717, 1.165) is 17.0 Å². The Morgan fingerprint density at radius 2 is 1.69 bits per heavy atom. The first-order valence-corrected chi connectivity index (χ1v) is 16.9. The van der Waals surface area contributed by atoms with Gasteiger partial charge in [-0.05, 0) is 48.7 Å². The highest BCUT2D eigenvalue weighted by Crippen LogP contribution is 2.45. The van der Waals surface area contributed by atoms with Gasteiger partial charge in [-0.1, -0.05) is 24.3 Å². The first-order chi connectivity index (χ1) is 18.8. The average molecular weight is 605 g/mol. The minimum atomic E-state index is -3.64. The highest BCUT2D eigenvalue weighted by molar-refractivity contribution is 8.19. The predicted octanol–water partition coefficient (Wildman–Crippen LogP) is 5.33. The van der Waals surface area contributed by atoms with Gasteiger partial charge in [-0.15, -0.1) is 34.9 Å². The zero-order valence-electron chi connectivity index (χ0n) is 20.9. The number of hydrogen-bond acceptors (Lipinski definition) is 9. The Labute approximate surface area is 240 Å². The molecule has 39 heavy (non-hydrogen) atoms. The molecule has 2 fully saturated rings. The highest BCUT2D eigenvalue weighted by atomic mass is 32.2. The molecule has 13 heteroatoms. The minimum absolute atomic E-state index is 0.0360. The Morgan fingerprint density at radius 1 is 1.00 bits per heavy atom. The zero-order chi connectivity index (χ0) is 27.4. The van der Waals surface area contributed by atoms with Crippen molar-refractivity contribution < 1.29 is 18.1 Å². The molecule has 9 nitrogen and oxygen atoms in total. The molecule has 0 spiro atoms. The molecule has 3 heterocycles. The van der Waals surface area contributed by atoms with Gasteiger partial charge in [-0.3, -0.25) is 14.9 Å². The van der Waals surface area contributed by atoms with E-state index < -0.39 is 20.9 Å². The number of sulfonamides is 1. The number of carbonyl (C=O) groups is 1. The number of thioether (sulfide) groups is 2. The molecule has 0 saturated carbocycles. The second-order valence-electron chi connectivity index (χ2n) is 9.20. The lowest BCUT2D eigenvalue weighted by atomic mass is 10.1. The van der Waals surface area contributed by atoms with Crippen LogP contribution in [0, 0.1) is 10.1 Å². The maximum Gasteiger partial charge on any atom is 0.282 e. The van der Waals surface area contributed by atoms with E-state index >= 15 is 0 Å². The topological polar surface area (TPSA) is 122 Å². The molecule has 0 radical (unpaired) electrons. The largest absolute Gasteiger partial charge is 0.382 e. The van der Waals surface area contributed by atoms with Crippen LogP contribution in [0.25, 0.3) is 0 Å².